The number of aromatic nitrogens is 1. The Morgan fingerprint density at radius 2 is 1.82 bits per heavy atom. The van der Waals surface area contributed by atoms with Crippen molar-refractivity contribution in [3.05, 3.63) is 58.7 Å². The van der Waals surface area contributed by atoms with Gasteiger partial charge in [-0.05, 0) is 66.3 Å². The molecule has 0 atom stereocenters. The number of fused-ring (bicyclic) bond motifs is 5. The fourth-order valence-corrected chi connectivity index (χ4v) is 6.11. The molecule has 2 N–H and O–H groups in total. The van der Waals surface area contributed by atoms with Crippen LogP contribution in [-0.4, -0.2) is 55.5 Å². The lowest BCUT2D eigenvalue weighted by Gasteiger charge is -2.24. The summed E-state index contributed by atoms with van der Waals surface area (Å²) in [7, 11) is 0.288. The molecule has 3 aromatic rings. The van der Waals surface area contributed by atoms with Crippen molar-refractivity contribution in [2.24, 2.45) is 0 Å². The third-order valence-corrected chi connectivity index (χ3v) is 8.93. The van der Waals surface area contributed by atoms with E-state index in [4.69, 9.17) is 4.74 Å². The molecule has 9 nitrogen and oxygen atoms in total. The van der Waals surface area contributed by atoms with E-state index in [9.17, 15) is 23.1 Å². The zero-order valence-corrected chi connectivity index (χ0v) is 22.5. The number of hydrogen-bond acceptors (Lipinski definition) is 5. The SMILES string of the molecule is COc1ccc2c(c1)C=C(C(=O)O)Cn1c-2c(C2CCCCC2)c2ccc(C(=O)NS(=O)(=O)N(C)C)cc21. The molecule has 0 unspecified atom stereocenters. The highest BCUT2D eigenvalue weighted by Crippen LogP contribution is 2.47. The predicted octanol–water partition coefficient (Wildman–Crippen LogP) is 4.38. The summed E-state index contributed by atoms with van der Waals surface area (Å²) in [5.41, 5.74) is 4.84. The largest absolute Gasteiger partial charge is 0.497 e. The Kier molecular flexibility index (Phi) is 6.79. The molecule has 1 aliphatic carbocycles. The van der Waals surface area contributed by atoms with Crippen LogP contribution in [-0.2, 0) is 21.5 Å². The Bertz CT molecular complexity index is 1580. The monoisotopic (exact) mass is 537 g/mol. The lowest BCUT2D eigenvalue weighted by atomic mass is 9.81. The molecule has 2 aliphatic rings. The predicted molar refractivity (Wildman–Crippen MR) is 145 cm³/mol. The number of rotatable bonds is 6. The summed E-state index contributed by atoms with van der Waals surface area (Å²) in [5, 5.41) is 11.0. The number of amides is 1. The maximum absolute atomic E-state index is 12.9. The van der Waals surface area contributed by atoms with E-state index in [2.05, 4.69) is 4.72 Å². The molecule has 1 aliphatic heterocycles. The number of aliphatic carboxylic acids is 1. The van der Waals surface area contributed by atoms with Gasteiger partial charge in [0, 0.05) is 36.1 Å². The van der Waals surface area contributed by atoms with Gasteiger partial charge in [-0.15, -0.1) is 0 Å². The van der Waals surface area contributed by atoms with Gasteiger partial charge in [0.05, 0.1) is 24.9 Å². The molecule has 1 aromatic heterocycles. The van der Waals surface area contributed by atoms with Gasteiger partial charge < -0.3 is 14.4 Å². The second-order valence-corrected chi connectivity index (χ2v) is 11.9. The summed E-state index contributed by atoms with van der Waals surface area (Å²) in [5.74, 6) is -0.853. The maximum Gasteiger partial charge on any atom is 0.333 e. The molecule has 1 fully saturated rings. The molecule has 2 heterocycles. The smallest absolute Gasteiger partial charge is 0.333 e. The van der Waals surface area contributed by atoms with Crippen LogP contribution >= 0.6 is 0 Å². The van der Waals surface area contributed by atoms with Crippen molar-refractivity contribution in [2.75, 3.05) is 21.2 Å². The molecular weight excluding hydrogens is 506 g/mol. The molecular formula is C28H31N3O6S. The zero-order chi connectivity index (χ0) is 27.2. The Morgan fingerprint density at radius 1 is 1.08 bits per heavy atom. The van der Waals surface area contributed by atoms with Crippen molar-refractivity contribution >= 4 is 39.1 Å². The first-order chi connectivity index (χ1) is 18.1. The van der Waals surface area contributed by atoms with E-state index >= 15 is 0 Å². The minimum Gasteiger partial charge on any atom is -0.497 e. The number of carboxylic acid groups (broad SMARTS) is 1. The summed E-state index contributed by atoms with van der Waals surface area (Å²) >= 11 is 0. The molecule has 0 saturated heterocycles. The number of carbonyl (C=O) groups excluding carboxylic acids is 1. The van der Waals surface area contributed by atoms with Gasteiger partial charge in [0.1, 0.15) is 5.75 Å². The molecule has 200 valence electrons. The second-order valence-electron chi connectivity index (χ2n) is 10.1. The van der Waals surface area contributed by atoms with E-state index in [0.29, 0.717) is 11.3 Å². The van der Waals surface area contributed by atoms with Crippen LogP contribution in [0.2, 0.25) is 0 Å². The number of nitrogens with one attached hydrogen (secondary N) is 1. The first-order valence-electron chi connectivity index (χ1n) is 12.6. The third kappa shape index (κ3) is 4.58. The molecule has 0 spiro atoms. The number of methoxy groups -OCH3 is 1. The number of hydrogen-bond donors (Lipinski definition) is 2. The molecule has 2 aromatic carbocycles. The summed E-state index contributed by atoms with van der Waals surface area (Å²) in [4.78, 5) is 25.2. The van der Waals surface area contributed by atoms with Gasteiger partial charge >= 0.3 is 16.2 Å². The fourth-order valence-electron chi connectivity index (χ4n) is 5.58. The van der Waals surface area contributed by atoms with Crippen LogP contribution in [0.15, 0.2) is 42.0 Å². The summed E-state index contributed by atoms with van der Waals surface area (Å²) < 4.78 is 35.0. The lowest BCUT2D eigenvalue weighted by molar-refractivity contribution is -0.132. The van der Waals surface area contributed by atoms with Gasteiger partial charge in [-0.1, -0.05) is 25.3 Å². The van der Waals surface area contributed by atoms with Gasteiger partial charge in [-0.3, -0.25) is 4.79 Å². The van der Waals surface area contributed by atoms with E-state index in [1.165, 1.54) is 20.5 Å². The third-order valence-electron chi connectivity index (χ3n) is 7.53. The average Bonchev–Trinajstić information content (AvgIpc) is 3.10. The van der Waals surface area contributed by atoms with Crippen LogP contribution in [0.1, 0.15) is 59.5 Å². The standard InChI is InChI=1S/C28H31N3O6S/c1-30(2)38(35,36)29-27(32)18-9-11-23-24(15-18)31-16-20(28(33)34)13-19-14-21(37-3)10-12-22(19)26(31)25(23)17-7-5-4-6-8-17/h9-15,17H,4-8,16H2,1-3H3,(H,29,32)(H,33,34). The van der Waals surface area contributed by atoms with Crippen molar-refractivity contribution in [1.82, 2.24) is 13.6 Å². The van der Waals surface area contributed by atoms with Crippen molar-refractivity contribution < 1.29 is 27.9 Å². The lowest BCUT2D eigenvalue weighted by Crippen LogP contribution is -2.39. The number of nitrogens with zero attached hydrogens (tertiary/aromatic N) is 2. The van der Waals surface area contributed by atoms with Gasteiger partial charge in [0.25, 0.3) is 5.91 Å². The minimum atomic E-state index is -3.97. The first kappa shape index (κ1) is 26.0. The van der Waals surface area contributed by atoms with E-state index in [-0.39, 0.29) is 23.6 Å². The molecule has 0 radical (unpaired) electrons. The van der Waals surface area contributed by atoms with Gasteiger partial charge in [0.2, 0.25) is 0 Å². The summed E-state index contributed by atoms with van der Waals surface area (Å²) in [6.45, 7) is 0.103. The Labute approximate surface area is 221 Å². The minimum absolute atomic E-state index is 0.103. The van der Waals surface area contributed by atoms with Crippen molar-refractivity contribution in [2.45, 2.75) is 44.6 Å². The number of carboxylic acids is 1. The quantitative estimate of drug-likeness (QED) is 0.482. The molecule has 1 amide bonds. The highest BCUT2D eigenvalue weighted by atomic mass is 32.2. The van der Waals surface area contributed by atoms with Gasteiger partial charge in [-0.2, -0.15) is 12.7 Å². The highest BCUT2D eigenvalue weighted by Gasteiger charge is 2.31. The first-order valence-corrected chi connectivity index (χ1v) is 14.1. The topological polar surface area (TPSA) is 118 Å². The Balaban J connectivity index is 1.77. The van der Waals surface area contributed by atoms with E-state index in [0.717, 1.165) is 57.8 Å². The molecule has 10 heteroatoms. The zero-order valence-electron chi connectivity index (χ0n) is 21.7. The fraction of sp³-hybridized carbons (Fsp3) is 0.357. The number of carbonyl (C=O) groups is 2. The van der Waals surface area contributed by atoms with Crippen LogP contribution in [0, 0.1) is 0 Å². The number of ether oxygens (including phenoxy) is 1. The molecule has 1 saturated carbocycles. The van der Waals surface area contributed by atoms with Gasteiger partial charge in [0.15, 0.2) is 0 Å². The van der Waals surface area contributed by atoms with Gasteiger partial charge in [-0.25, -0.2) is 9.52 Å². The van der Waals surface area contributed by atoms with Crippen LogP contribution < -0.4 is 9.46 Å². The van der Waals surface area contributed by atoms with Crippen molar-refractivity contribution in [3.63, 3.8) is 0 Å². The van der Waals surface area contributed by atoms with Crippen LogP contribution in [0.3, 0.4) is 0 Å². The van der Waals surface area contributed by atoms with Crippen molar-refractivity contribution in [1.29, 1.82) is 0 Å². The summed E-state index contributed by atoms with van der Waals surface area (Å²) in [6, 6.07) is 10.9. The van der Waals surface area contributed by atoms with E-state index < -0.39 is 22.1 Å². The summed E-state index contributed by atoms with van der Waals surface area (Å²) in [6.07, 6.45) is 7.17. The Morgan fingerprint density at radius 3 is 2.47 bits per heavy atom. The highest BCUT2D eigenvalue weighted by molar-refractivity contribution is 7.87. The number of benzene rings is 2. The normalized spacial score (nSPS) is 15.9. The molecule has 5 rings (SSSR count). The maximum atomic E-state index is 12.9. The molecule has 38 heavy (non-hydrogen) atoms. The van der Waals surface area contributed by atoms with Crippen LogP contribution in [0.25, 0.3) is 28.2 Å². The molecule has 0 bridgehead atoms. The van der Waals surface area contributed by atoms with Crippen LogP contribution in [0.5, 0.6) is 5.75 Å². The van der Waals surface area contributed by atoms with E-state index in [1.807, 2.05) is 28.8 Å². The Hall–Kier alpha value is -3.63. The van der Waals surface area contributed by atoms with E-state index in [1.54, 1.807) is 25.3 Å². The average molecular weight is 538 g/mol. The van der Waals surface area contributed by atoms with Crippen LogP contribution in [0.4, 0.5) is 0 Å². The second kappa shape index (κ2) is 9.92. The van der Waals surface area contributed by atoms with Crippen molar-refractivity contribution in [3.8, 4) is 17.0 Å².